The summed E-state index contributed by atoms with van der Waals surface area (Å²) < 4.78 is 0. The maximum absolute atomic E-state index is 9.33. The lowest BCUT2D eigenvalue weighted by Crippen LogP contribution is -2.41. The summed E-state index contributed by atoms with van der Waals surface area (Å²) in [4.78, 5) is 2.41. The van der Waals surface area contributed by atoms with E-state index in [1.165, 1.54) is 18.4 Å². The summed E-state index contributed by atoms with van der Waals surface area (Å²) in [6, 6.07) is 8.89. The quantitative estimate of drug-likeness (QED) is 0.914. The van der Waals surface area contributed by atoms with Crippen LogP contribution in [0.4, 0.5) is 5.69 Å². The van der Waals surface area contributed by atoms with Gasteiger partial charge in [-0.2, -0.15) is 5.26 Å². The number of anilines is 1. The Balaban J connectivity index is 2.11. The maximum Gasteiger partial charge on any atom is 0.101 e. The lowest BCUT2D eigenvalue weighted by molar-refractivity contribution is 0.379. The highest BCUT2D eigenvalue weighted by molar-refractivity contribution is 5.64. The van der Waals surface area contributed by atoms with Crippen LogP contribution in [0, 0.1) is 24.2 Å². The molecule has 1 atom stereocenters. The van der Waals surface area contributed by atoms with Gasteiger partial charge in [-0.25, -0.2) is 0 Å². The van der Waals surface area contributed by atoms with E-state index < -0.39 is 0 Å². The zero-order valence-electron chi connectivity index (χ0n) is 12.8. The fourth-order valence-corrected chi connectivity index (χ4v) is 3.01. The summed E-state index contributed by atoms with van der Waals surface area (Å²) in [5.74, 6) is 0.678. The van der Waals surface area contributed by atoms with Gasteiger partial charge in [0.2, 0.25) is 0 Å². The molecule has 1 aromatic rings. The minimum absolute atomic E-state index is 0.540. The molecule has 0 spiro atoms. The first-order valence-corrected chi connectivity index (χ1v) is 7.60. The van der Waals surface area contributed by atoms with Crippen molar-refractivity contribution in [2.45, 2.75) is 39.7 Å². The molecule has 0 bridgehead atoms. The molecule has 0 aliphatic carbocycles. The van der Waals surface area contributed by atoms with E-state index in [0.717, 1.165) is 30.9 Å². The van der Waals surface area contributed by atoms with Crippen molar-refractivity contribution in [2.75, 3.05) is 24.5 Å². The molecule has 0 saturated carbocycles. The predicted molar refractivity (Wildman–Crippen MR) is 84.0 cm³/mol. The zero-order chi connectivity index (χ0) is 14.5. The van der Waals surface area contributed by atoms with Crippen molar-refractivity contribution in [1.82, 2.24) is 5.32 Å². The molecule has 0 radical (unpaired) electrons. The Morgan fingerprint density at radius 1 is 1.45 bits per heavy atom. The van der Waals surface area contributed by atoms with Crippen LogP contribution >= 0.6 is 0 Å². The molecule has 1 fully saturated rings. The number of aryl methyl sites for hydroxylation is 1. The second-order valence-electron chi connectivity index (χ2n) is 6.10. The Morgan fingerprint density at radius 2 is 2.25 bits per heavy atom. The lowest BCUT2D eigenvalue weighted by Gasteiger charge is -2.36. The smallest absolute Gasteiger partial charge is 0.101 e. The van der Waals surface area contributed by atoms with Crippen molar-refractivity contribution in [1.29, 1.82) is 5.26 Å². The van der Waals surface area contributed by atoms with Crippen LogP contribution in [0.1, 0.15) is 37.8 Å². The van der Waals surface area contributed by atoms with Crippen LogP contribution in [0.2, 0.25) is 0 Å². The van der Waals surface area contributed by atoms with E-state index in [1.54, 1.807) is 0 Å². The van der Waals surface area contributed by atoms with Crippen molar-refractivity contribution in [3.05, 3.63) is 29.3 Å². The number of hydrogen-bond donors (Lipinski definition) is 1. The third kappa shape index (κ3) is 3.52. The second kappa shape index (κ2) is 6.76. The van der Waals surface area contributed by atoms with Crippen LogP contribution in [0.25, 0.3) is 0 Å². The van der Waals surface area contributed by atoms with Crippen molar-refractivity contribution < 1.29 is 0 Å². The highest BCUT2D eigenvalue weighted by Gasteiger charge is 2.22. The van der Waals surface area contributed by atoms with E-state index in [1.807, 2.05) is 12.1 Å². The Hall–Kier alpha value is -1.53. The van der Waals surface area contributed by atoms with Gasteiger partial charge in [0.05, 0.1) is 11.3 Å². The first kappa shape index (κ1) is 14.9. The molecule has 20 heavy (non-hydrogen) atoms. The minimum atomic E-state index is 0.540. The Kier molecular flexibility index (Phi) is 5.03. The van der Waals surface area contributed by atoms with Gasteiger partial charge in [-0.1, -0.05) is 26.0 Å². The summed E-state index contributed by atoms with van der Waals surface area (Å²) in [5, 5.41) is 12.9. The molecular weight excluding hydrogens is 246 g/mol. The molecule has 1 aromatic carbocycles. The summed E-state index contributed by atoms with van der Waals surface area (Å²) in [7, 11) is 0. The van der Waals surface area contributed by atoms with Crippen LogP contribution in [-0.2, 0) is 0 Å². The number of nitriles is 1. The number of hydrogen-bond acceptors (Lipinski definition) is 3. The third-order valence-corrected chi connectivity index (χ3v) is 4.01. The van der Waals surface area contributed by atoms with Gasteiger partial charge in [-0.15, -0.1) is 0 Å². The highest BCUT2D eigenvalue weighted by Crippen LogP contribution is 2.29. The molecule has 1 saturated heterocycles. The van der Waals surface area contributed by atoms with E-state index in [2.05, 4.69) is 43.1 Å². The molecule has 3 heteroatoms. The summed E-state index contributed by atoms with van der Waals surface area (Å²) in [5.41, 5.74) is 3.16. The van der Waals surface area contributed by atoms with Crippen molar-refractivity contribution in [2.24, 2.45) is 5.92 Å². The largest absolute Gasteiger partial charge is 0.370 e. The van der Waals surface area contributed by atoms with Gasteiger partial charge < -0.3 is 10.2 Å². The first-order chi connectivity index (χ1) is 9.61. The van der Waals surface area contributed by atoms with Gasteiger partial charge in [-0.05, 0) is 43.9 Å². The summed E-state index contributed by atoms with van der Waals surface area (Å²) in [6.07, 6.45) is 2.49. The average molecular weight is 271 g/mol. The second-order valence-corrected chi connectivity index (χ2v) is 6.10. The fraction of sp³-hybridized carbons (Fsp3) is 0.588. The maximum atomic E-state index is 9.33. The Labute approximate surface area is 122 Å². The van der Waals surface area contributed by atoms with Crippen LogP contribution in [0.5, 0.6) is 0 Å². The van der Waals surface area contributed by atoms with Crippen LogP contribution < -0.4 is 10.2 Å². The normalized spacial score (nSPS) is 19.1. The van der Waals surface area contributed by atoms with E-state index in [-0.39, 0.29) is 0 Å². The molecule has 1 N–H and O–H groups in total. The summed E-state index contributed by atoms with van der Waals surface area (Å²) in [6.45, 7) is 9.68. The van der Waals surface area contributed by atoms with Crippen molar-refractivity contribution >= 4 is 5.69 Å². The van der Waals surface area contributed by atoms with E-state index in [4.69, 9.17) is 0 Å². The van der Waals surface area contributed by atoms with Crippen molar-refractivity contribution in [3.8, 4) is 6.07 Å². The molecule has 1 aliphatic heterocycles. The number of piperidine rings is 1. The Bertz CT molecular complexity index is 487. The molecular formula is C17H25N3. The summed E-state index contributed by atoms with van der Waals surface area (Å²) >= 11 is 0. The van der Waals surface area contributed by atoms with E-state index in [0.29, 0.717) is 12.0 Å². The number of rotatable bonds is 4. The van der Waals surface area contributed by atoms with Gasteiger partial charge >= 0.3 is 0 Å². The molecule has 3 nitrogen and oxygen atoms in total. The SMILES string of the molecule is Cc1cccc(C#N)c1N1CCCC(CNC(C)C)C1. The van der Waals surface area contributed by atoms with Crippen molar-refractivity contribution in [3.63, 3.8) is 0 Å². The van der Waals surface area contributed by atoms with E-state index in [9.17, 15) is 5.26 Å². The molecule has 108 valence electrons. The highest BCUT2D eigenvalue weighted by atomic mass is 15.1. The molecule has 1 unspecified atom stereocenters. The van der Waals surface area contributed by atoms with Gasteiger partial charge in [0, 0.05) is 19.1 Å². The average Bonchev–Trinajstić information content (AvgIpc) is 2.45. The Morgan fingerprint density at radius 3 is 2.95 bits per heavy atom. The first-order valence-electron chi connectivity index (χ1n) is 7.60. The van der Waals surface area contributed by atoms with Gasteiger partial charge in [-0.3, -0.25) is 0 Å². The lowest BCUT2D eigenvalue weighted by atomic mass is 9.95. The number of para-hydroxylation sites is 1. The standard InChI is InChI=1S/C17H25N3/c1-13(2)19-11-15-7-5-9-20(12-15)17-14(3)6-4-8-16(17)10-18/h4,6,8,13,15,19H,5,7,9,11-12H2,1-3H3. The third-order valence-electron chi connectivity index (χ3n) is 4.01. The number of nitrogens with zero attached hydrogens (tertiary/aromatic N) is 2. The minimum Gasteiger partial charge on any atom is -0.370 e. The van der Waals surface area contributed by atoms with Crippen LogP contribution in [-0.4, -0.2) is 25.7 Å². The van der Waals surface area contributed by atoms with Gasteiger partial charge in [0.1, 0.15) is 6.07 Å². The predicted octanol–water partition coefficient (Wildman–Crippen LogP) is 3.08. The molecule has 1 heterocycles. The molecule has 2 rings (SSSR count). The van der Waals surface area contributed by atoms with E-state index >= 15 is 0 Å². The van der Waals surface area contributed by atoms with Gasteiger partial charge in [0.15, 0.2) is 0 Å². The molecule has 1 aliphatic rings. The molecule has 0 aromatic heterocycles. The monoisotopic (exact) mass is 271 g/mol. The fourth-order valence-electron chi connectivity index (χ4n) is 3.01. The van der Waals surface area contributed by atoms with Crippen LogP contribution in [0.15, 0.2) is 18.2 Å². The van der Waals surface area contributed by atoms with Crippen LogP contribution in [0.3, 0.4) is 0 Å². The topological polar surface area (TPSA) is 39.1 Å². The number of nitrogens with one attached hydrogen (secondary N) is 1. The zero-order valence-corrected chi connectivity index (χ0v) is 12.8. The molecule has 0 amide bonds. The number of benzene rings is 1. The van der Waals surface area contributed by atoms with Gasteiger partial charge in [0.25, 0.3) is 0 Å².